The summed E-state index contributed by atoms with van der Waals surface area (Å²) < 4.78 is 64.7. The number of nitrogens with zero attached hydrogens (tertiary/aromatic N) is 3. The van der Waals surface area contributed by atoms with E-state index >= 15 is 0 Å². The Bertz CT molecular complexity index is 1600. The van der Waals surface area contributed by atoms with Crippen molar-refractivity contribution in [1.29, 1.82) is 0 Å². The fourth-order valence-electron chi connectivity index (χ4n) is 2.90. The second-order valence-electron chi connectivity index (χ2n) is 6.81. The quantitative estimate of drug-likeness (QED) is 0.126. The summed E-state index contributed by atoms with van der Waals surface area (Å²) in [6.07, 6.45) is 0. The number of aryl methyl sites for hydroxylation is 2. The maximum absolute atomic E-state index is 12.8. The number of aromatic nitrogens is 2. The zero-order chi connectivity index (χ0) is 24.7. The number of H-pyrrole nitrogens is 1. The molecule has 0 aliphatic heterocycles. The van der Waals surface area contributed by atoms with Crippen molar-refractivity contribution in [2.75, 3.05) is 0 Å². The molecular formula is C18H16CrN4Na2O9S2+2. The fraction of sp³-hybridized carbons (Fsp3) is 0.111. The smallest absolute Gasteiger partial charge is 0.478 e. The molecule has 0 aliphatic rings. The van der Waals surface area contributed by atoms with Crippen molar-refractivity contribution >= 4 is 37.6 Å². The molecule has 1 aromatic heterocycles. The van der Waals surface area contributed by atoms with E-state index in [4.69, 9.17) is 4.55 Å². The molecule has 0 spiro atoms. The van der Waals surface area contributed by atoms with Gasteiger partial charge in [-0.25, -0.2) is 9.48 Å². The number of aromatic carboxylic acids is 1. The molecule has 2 aromatic carbocycles. The van der Waals surface area contributed by atoms with Gasteiger partial charge in [-0.2, -0.15) is 16.8 Å². The minimum Gasteiger partial charge on any atom is -0.478 e. The number of hydrogen-bond acceptors (Lipinski definition) is 8. The van der Waals surface area contributed by atoms with Gasteiger partial charge >= 0.3 is 65.1 Å². The first-order valence-electron chi connectivity index (χ1n) is 8.87. The predicted molar refractivity (Wildman–Crippen MR) is 113 cm³/mol. The summed E-state index contributed by atoms with van der Waals surface area (Å²) in [5, 5.41) is 19.5. The van der Waals surface area contributed by atoms with Crippen molar-refractivity contribution in [3.8, 4) is 5.69 Å². The molecule has 0 unspecified atom stereocenters. The van der Waals surface area contributed by atoms with E-state index in [1.807, 2.05) is 0 Å². The molecule has 0 bridgehead atoms. The van der Waals surface area contributed by atoms with Gasteiger partial charge in [0.2, 0.25) is 0 Å². The summed E-state index contributed by atoms with van der Waals surface area (Å²) >= 11 is 0. The van der Waals surface area contributed by atoms with Crippen molar-refractivity contribution in [3.05, 3.63) is 63.6 Å². The number of rotatable bonds is 6. The Balaban J connectivity index is 0.00000408. The Morgan fingerprint density at radius 3 is 1.94 bits per heavy atom. The van der Waals surface area contributed by atoms with Crippen LogP contribution in [0.25, 0.3) is 5.69 Å². The Kier molecular flexibility index (Phi) is 12.7. The van der Waals surface area contributed by atoms with E-state index in [0.29, 0.717) is 5.56 Å². The van der Waals surface area contributed by atoms with Gasteiger partial charge in [0.25, 0.3) is 25.8 Å². The number of benzene rings is 2. The Labute approximate surface area is 260 Å². The maximum Gasteiger partial charge on any atom is 1.00 e. The van der Waals surface area contributed by atoms with Gasteiger partial charge in [-0.15, -0.1) is 10.2 Å². The average molecular weight is 594 g/mol. The third kappa shape index (κ3) is 7.70. The van der Waals surface area contributed by atoms with Crippen LogP contribution >= 0.6 is 0 Å². The Morgan fingerprint density at radius 1 is 0.917 bits per heavy atom. The number of aromatic amines is 1. The van der Waals surface area contributed by atoms with Crippen LogP contribution in [0.3, 0.4) is 0 Å². The molecule has 0 fully saturated rings. The van der Waals surface area contributed by atoms with Crippen LogP contribution in [0, 0.1) is 13.8 Å². The molecule has 0 atom stereocenters. The molecule has 18 heteroatoms. The summed E-state index contributed by atoms with van der Waals surface area (Å²) in [4.78, 5) is 23.3. The second-order valence-corrected chi connectivity index (χ2v) is 9.65. The van der Waals surface area contributed by atoms with Gasteiger partial charge in [-0.1, -0.05) is 0 Å². The van der Waals surface area contributed by atoms with Crippen molar-refractivity contribution in [2.24, 2.45) is 10.2 Å². The molecule has 0 radical (unpaired) electrons. The number of carboxylic acid groups (broad SMARTS) is 1. The van der Waals surface area contributed by atoms with E-state index in [0.717, 1.165) is 35.0 Å². The molecule has 36 heavy (non-hydrogen) atoms. The molecule has 1 heterocycles. The average Bonchev–Trinajstić information content (AvgIpc) is 2.98. The maximum atomic E-state index is 12.8. The van der Waals surface area contributed by atoms with E-state index in [1.165, 1.54) is 19.9 Å². The number of carboxylic acids is 1. The second kappa shape index (κ2) is 13.1. The monoisotopic (exact) mass is 594 g/mol. The van der Waals surface area contributed by atoms with Gasteiger partial charge < -0.3 is 5.11 Å². The van der Waals surface area contributed by atoms with Gasteiger partial charge in [-0.3, -0.25) is 19.0 Å². The first-order valence-corrected chi connectivity index (χ1v) is 11.7. The van der Waals surface area contributed by atoms with Crippen LogP contribution < -0.4 is 64.7 Å². The van der Waals surface area contributed by atoms with Crippen LogP contribution in [0.5, 0.6) is 0 Å². The molecule has 0 amide bonds. The molecular weight excluding hydrogens is 578 g/mol. The summed E-state index contributed by atoms with van der Waals surface area (Å²) in [6.45, 7) is 2.98. The Hall–Kier alpha value is -1.13. The number of hydrogen-bond donors (Lipinski definition) is 4. The minimum atomic E-state index is -4.65. The first-order chi connectivity index (χ1) is 15.2. The molecule has 13 nitrogen and oxygen atoms in total. The summed E-state index contributed by atoms with van der Waals surface area (Å²) in [7, 11) is -9.09. The molecule has 3 rings (SSSR count). The normalized spacial score (nSPS) is 11.3. The first kappa shape index (κ1) is 34.9. The van der Waals surface area contributed by atoms with E-state index in [2.05, 4.69) is 15.3 Å². The van der Waals surface area contributed by atoms with E-state index in [9.17, 15) is 36.1 Å². The summed E-state index contributed by atoms with van der Waals surface area (Å²) in [5.41, 5.74) is -1.01. The third-order valence-electron chi connectivity index (χ3n) is 4.50. The van der Waals surface area contributed by atoms with Crippen LogP contribution in [0.4, 0.5) is 11.4 Å². The minimum absolute atomic E-state index is 0. The van der Waals surface area contributed by atoms with Gasteiger partial charge in [-0.05, 0) is 55.8 Å². The molecule has 180 valence electrons. The molecule has 0 saturated heterocycles. The van der Waals surface area contributed by atoms with Gasteiger partial charge in [0.05, 0.1) is 26.7 Å². The van der Waals surface area contributed by atoms with Crippen molar-refractivity contribution < 1.29 is 112 Å². The van der Waals surface area contributed by atoms with Crippen LogP contribution in [-0.2, 0) is 37.6 Å². The van der Waals surface area contributed by atoms with Gasteiger partial charge in [0.1, 0.15) is 5.69 Å². The molecule has 3 aromatic rings. The molecule has 0 saturated carbocycles. The zero-order valence-electron chi connectivity index (χ0n) is 19.3. The summed E-state index contributed by atoms with van der Waals surface area (Å²) in [6, 6.07) is 6.14. The number of azo groups is 1. The molecule has 0 aliphatic carbocycles. The summed E-state index contributed by atoms with van der Waals surface area (Å²) in [5.74, 6) is -1.44. The van der Waals surface area contributed by atoms with Crippen LogP contribution in [-0.4, -0.2) is 46.8 Å². The van der Waals surface area contributed by atoms with Crippen LogP contribution in [0.1, 0.15) is 21.6 Å². The zero-order valence-corrected chi connectivity index (χ0v) is 26.2. The van der Waals surface area contributed by atoms with Crippen molar-refractivity contribution in [3.63, 3.8) is 0 Å². The fourth-order valence-corrected chi connectivity index (χ4v) is 3.97. The van der Waals surface area contributed by atoms with Gasteiger partial charge in [0, 0.05) is 17.4 Å². The van der Waals surface area contributed by atoms with Gasteiger partial charge in [0.15, 0.2) is 5.69 Å². The van der Waals surface area contributed by atoms with Crippen molar-refractivity contribution in [1.82, 2.24) is 9.78 Å². The van der Waals surface area contributed by atoms with E-state index in [-0.39, 0.29) is 98.4 Å². The largest absolute Gasteiger partial charge is 1.00 e. The molecule has 4 N–H and O–H groups in total. The SMILES string of the molecule is Cc1cc(S(=O)(=O)O)ccc1-n1[nH]c(C)c(N=Nc2cc(S(=O)(=O)O)ccc2C(=O)O)c1=O.[Cr].[Na+].[Na+]. The topological polar surface area (TPSA) is 209 Å². The van der Waals surface area contributed by atoms with Crippen LogP contribution in [0.2, 0.25) is 0 Å². The van der Waals surface area contributed by atoms with Crippen molar-refractivity contribution in [2.45, 2.75) is 23.6 Å². The van der Waals surface area contributed by atoms with E-state index < -0.39 is 47.9 Å². The number of nitrogens with one attached hydrogen (secondary N) is 1. The standard InChI is InChI=1S/C18H16N4O9S2.Cr.2Na/c1-9-7-11(32(26,27)28)4-6-15(9)22-17(23)16(10(2)21-22)20-19-14-8-12(33(29,30)31)3-5-13(14)18(24)25;;;/h3-8,21H,1-2H3,(H,24,25)(H,26,27,28)(H,29,30,31);;;/q;;2*+1. The van der Waals surface area contributed by atoms with Crippen LogP contribution in [0.15, 0.2) is 61.2 Å². The van der Waals surface area contributed by atoms with E-state index in [1.54, 1.807) is 0 Å². The number of carbonyl (C=O) groups is 1. The Morgan fingerprint density at radius 2 is 1.44 bits per heavy atom. The predicted octanol–water partition coefficient (Wildman–Crippen LogP) is -3.61. The third-order valence-corrected chi connectivity index (χ3v) is 6.20.